The summed E-state index contributed by atoms with van der Waals surface area (Å²) in [5.74, 6) is -0.613. The lowest BCUT2D eigenvalue weighted by atomic mass is 9.94. The van der Waals surface area contributed by atoms with Crippen LogP contribution in [0.1, 0.15) is 44.1 Å². The van der Waals surface area contributed by atoms with E-state index in [1.54, 1.807) is 6.07 Å². The first kappa shape index (κ1) is 20.1. The fourth-order valence-corrected chi connectivity index (χ4v) is 4.14. The maximum Gasteiger partial charge on any atom is 0.237 e. The van der Waals surface area contributed by atoms with E-state index >= 15 is 0 Å². The first-order valence-electron chi connectivity index (χ1n) is 9.67. The topological polar surface area (TPSA) is 52.7 Å². The molecular weight excluding hydrogens is 369 g/mol. The number of nitrogens with zero attached hydrogens (tertiary/aromatic N) is 2. The number of piperazine rings is 1. The number of carbonyl (C=O) groups is 2. The second-order valence-electron chi connectivity index (χ2n) is 7.53. The predicted octanol–water partition coefficient (Wildman–Crippen LogP) is 2.96. The fourth-order valence-electron chi connectivity index (χ4n) is 4.03. The van der Waals surface area contributed by atoms with Crippen molar-refractivity contribution in [1.82, 2.24) is 15.1 Å². The Morgan fingerprint density at radius 2 is 2.07 bits per heavy atom. The van der Waals surface area contributed by atoms with Crippen molar-refractivity contribution in [2.24, 2.45) is 0 Å². The number of rotatable bonds is 5. The second-order valence-corrected chi connectivity index (χ2v) is 7.93. The molecule has 1 saturated carbocycles. The number of carbonyl (C=O) groups excluding carboxylic acids is 2. The molecular formula is C20H27ClFN3O2. The van der Waals surface area contributed by atoms with Crippen LogP contribution < -0.4 is 5.32 Å². The molecule has 1 aliphatic carbocycles. The number of benzene rings is 1. The molecule has 1 saturated heterocycles. The molecule has 5 nitrogen and oxygen atoms in total. The van der Waals surface area contributed by atoms with Crippen LogP contribution in [0.3, 0.4) is 0 Å². The Morgan fingerprint density at radius 3 is 2.78 bits per heavy atom. The standard InChI is InChI=1S/C20H27ClFN3O2/c1-24(15-5-3-2-4-6-15)19(26)12-18-20(27)23-9-10-25(18)13-14-7-8-16(21)17(22)11-14/h7-8,11,15,18H,2-6,9-10,12-13H2,1H3,(H,23,27). The van der Waals surface area contributed by atoms with E-state index in [0.717, 1.165) is 31.2 Å². The quantitative estimate of drug-likeness (QED) is 0.833. The Kier molecular flexibility index (Phi) is 6.71. The molecule has 1 N–H and O–H groups in total. The maximum atomic E-state index is 13.7. The van der Waals surface area contributed by atoms with Crippen molar-refractivity contribution in [2.45, 2.75) is 57.2 Å². The number of hydrogen-bond acceptors (Lipinski definition) is 3. The van der Waals surface area contributed by atoms with Gasteiger partial charge >= 0.3 is 0 Å². The van der Waals surface area contributed by atoms with E-state index in [0.29, 0.717) is 19.6 Å². The van der Waals surface area contributed by atoms with Gasteiger partial charge in [0, 0.05) is 32.7 Å². The number of halogens is 2. The third-order valence-electron chi connectivity index (χ3n) is 5.70. The highest BCUT2D eigenvalue weighted by atomic mass is 35.5. The lowest BCUT2D eigenvalue weighted by Crippen LogP contribution is -2.56. The Hall–Kier alpha value is -1.66. The molecule has 1 heterocycles. The van der Waals surface area contributed by atoms with Crippen molar-refractivity contribution in [1.29, 1.82) is 0 Å². The van der Waals surface area contributed by atoms with Crippen LogP contribution in [0.5, 0.6) is 0 Å². The van der Waals surface area contributed by atoms with Gasteiger partial charge in [0.2, 0.25) is 11.8 Å². The zero-order chi connectivity index (χ0) is 19.4. The second kappa shape index (κ2) is 9.02. The summed E-state index contributed by atoms with van der Waals surface area (Å²) in [6.07, 6.45) is 5.75. The summed E-state index contributed by atoms with van der Waals surface area (Å²) >= 11 is 5.75. The number of hydrogen-bond donors (Lipinski definition) is 1. The Morgan fingerprint density at radius 1 is 1.33 bits per heavy atom. The summed E-state index contributed by atoms with van der Waals surface area (Å²) in [6, 6.07) is 4.41. The highest BCUT2D eigenvalue weighted by molar-refractivity contribution is 6.30. The van der Waals surface area contributed by atoms with Crippen LogP contribution >= 0.6 is 11.6 Å². The Labute approximate surface area is 164 Å². The van der Waals surface area contributed by atoms with Crippen LogP contribution in [0, 0.1) is 5.82 Å². The van der Waals surface area contributed by atoms with Crippen molar-refractivity contribution in [2.75, 3.05) is 20.1 Å². The van der Waals surface area contributed by atoms with Gasteiger partial charge in [-0.1, -0.05) is 36.9 Å². The first-order chi connectivity index (χ1) is 13.0. The molecule has 7 heteroatoms. The molecule has 1 aliphatic heterocycles. The molecule has 1 atom stereocenters. The van der Waals surface area contributed by atoms with Crippen LogP contribution in [-0.2, 0) is 16.1 Å². The molecule has 2 amide bonds. The lowest BCUT2D eigenvalue weighted by molar-refractivity contribution is -0.140. The minimum atomic E-state index is -0.531. The van der Waals surface area contributed by atoms with Gasteiger partial charge in [0.05, 0.1) is 17.5 Å². The van der Waals surface area contributed by atoms with Gasteiger partial charge in [0.1, 0.15) is 5.82 Å². The molecule has 3 rings (SSSR count). The van der Waals surface area contributed by atoms with Crippen molar-refractivity contribution in [3.05, 3.63) is 34.6 Å². The molecule has 0 spiro atoms. The molecule has 1 aromatic rings. The SMILES string of the molecule is CN(C(=O)CC1C(=O)NCCN1Cc1ccc(Cl)c(F)c1)C1CCCCC1. The Bertz CT molecular complexity index is 694. The minimum Gasteiger partial charge on any atom is -0.353 e. The minimum absolute atomic E-state index is 0.00348. The molecule has 148 valence electrons. The summed E-state index contributed by atoms with van der Waals surface area (Å²) in [4.78, 5) is 29.0. The molecule has 0 radical (unpaired) electrons. The van der Waals surface area contributed by atoms with Gasteiger partial charge < -0.3 is 10.2 Å². The van der Waals surface area contributed by atoms with Gasteiger partial charge in [-0.25, -0.2) is 4.39 Å². The van der Waals surface area contributed by atoms with E-state index in [-0.39, 0.29) is 29.3 Å². The third-order valence-corrected chi connectivity index (χ3v) is 6.00. The number of nitrogens with one attached hydrogen (secondary N) is 1. The molecule has 2 aliphatic rings. The van der Waals surface area contributed by atoms with E-state index in [4.69, 9.17) is 11.6 Å². The van der Waals surface area contributed by atoms with Crippen molar-refractivity contribution >= 4 is 23.4 Å². The smallest absolute Gasteiger partial charge is 0.237 e. The lowest BCUT2D eigenvalue weighted by Gasteiger charge is -2.37. The van der Waals surface area contributed by atoms with E-state index in [2.05, 4.69) is 5.32 Å². The van der Waals surface area contributed by atoms with Crippen LogP contribution in [-0.4, -0.2) is 53.8 Å². The van der Waals surface area contributed by atoms with Crippen LogP contribution in [0.25, 0.3) is 0 Å². The van der Waals surface area contributed by atoms with Crippen molar-refractivity contribution in [3.63, 3.8) is 0 Å². The van der Waals surface area contributed by atoms with Crippen molar-refractivity contribution < 1.29 is 14.0 Å². The van der Waals surface area contributed by atoms with E-state index in [9.17, 15) is 14.0 Å². The van der Waals surface area contributed by atoms with Gasteiger partial charge in [-0.2, -0.15) is 0 Å². The summed E-state index contributed by atoms with van der Waals surface area (Å²) in [7, 11) is 1.85. The van der Waals surface area contributed by atoms with Gasteiger partial charge in [-0.3, -0.25) is 14.5 Å². The average Bonchev–Trinajstić information content (AvgIpc) is 2.67. The third kappa shape index (κ3) is 4.99. The highest BCUT2D eigenvalue weighted by Gasteiger charge is 2.33. The summed E-state index contributed by atoms with van der Waals surface area (Å²) in [6.45, 7) is 1.56. The van der Waals surface area contributed by atoms with E-state index in [1.165, 1.54) is 18.6 Å². The summed E-state index contributed by atoms with van der Waals surface area (Å²) in [5.41, 5.74) is 0.740. The monoisotopic (exact) mass is 395 g/mol. The number of amides is 2. The zero-order valence-electron chi connectivity index (χ0n) is 15.7. The largest absolute Gasteiger partial charge is 0.353 e. The van der Waals surface area contributed by atoms with Crippen LogP contribution in [0.15, 0.2) is 18.2 Å². The van der Waals surface area contributed by atoms with Gasteiger partial charge in [-0.05, 0) is 30.5 Å². The summed E-state index contributed by atoms with van der Waals surface area (Å²) < 4.78 is 13.7. The predicted molar refractivity (Wildman–Crippen MR) is 103 cm³/mol. The normalized spacial score (nSPS) is 21.7. The Balaban J connectivity index is 1.67. The molecule has 0 aromatic heterocycles. The van der Waals surface area contributed by atoms with Gasteiger partial charge in [0.25, 0.3) is 0 Å². The van der Waals surface area contributed by atoms with Crippen LogP contribution in [0.4, 0.5) is 4.39 Å². The summed E-state index contributed by atoms with van der Waals surface area (Å²) in [5, 5.41) is 2.93. The van der Waals surface area contributed by atoms with Gasteiger partial charge in [0.15, 0.2) is 0 Å². The molecule has 0 bridgehead atoms. The molecule has 27 heavy (non-hydrogen) atoms. The van der Waals surface area contributed by atoms with E-state index < -0.39 is 11.9 Å². The molecule has 1 unspecified atom stereocenters. The highest BCUT2D eigenvalue weighted by Crippen LogP contribution is 2.24. The average molecular weight is 396 g/mol. The maximum absolute atomic E-state index is 13.7. The van der Waals surface area contributed by atoms with Gasteiger partial charge in [-0.15, -0.1) is 0 Å². The van der Waals surface area contributed by atoms with Crippen molar-refractivity contribution in [3.8, 4) is 0 Å². The zero-order valence-corrected chi connectivity index (χ0v) is 16.5. The first-order valence-corrected chi connectivity index (χ1v) is 10.0. The molecule has 1 aromatic carbocycles. The van der Waals surface area contributed by atoms with E-state index in [1.807, 2.05) is 16.8 Å². The fraction of sp³-hybridized carbons (Fsp3) is 0.600. The van der Waals surface area contributed by atoms with Crippen LogP contribution in [0.2, 0.25) is 5.02 Å². The molecule has 2 fully saturated rings.